The molecule has 1 fully saturated rings. The average molecular weight is 242 g/mol. The monoisotopic (exact) mass is 242 g/mol. The number of rotatable bonds is 2. The van der Waals surface area contributed by atoms with Crippen LogP contribution >= 0.6 is 0 Å². The molecule has 0 aromatic heterocycles. The van der Waals surface area contributed by atoms with E-state index in [2.05, 4.69) is 5.32 Å². The van der Waals surface area contributed by atoms with Crippen LogP contribution in [0.3, 0.4) is 0 Å². The molecule has 0 spiro atoms. The van der Waals surface area contributed by atoms with Gasteiger partial charge in [0.25, 0.3) is 0 Å². The van der Waals surface area contributed by atoms with E-state index in [1.807, 2.05) is 0 Å². The Morgan fingerprint density at radius 1 is 1.00 bits per heavy atom. The van der Waals surface area contributed by atoms with Crippen LogP contribution in [0.4, 0.5) is 0 Å². The first-order valence-corrected chi connectivity index (χ1v) is 5.88. The Hall–Kier alpha value is -1.14. The summed E-state index contributed by atoms with van der Waals surface area (Å²) in [6, 6.07) is 0.114. The number of hydrogen-bond acceptors (Lipinski definition) is 4. The van der Waals surface area contributed by atoms with Crippen LogP contribution in [0.5, 0.6) is 0 Å². The van der Waals surface area contributed by atoms with Gasteiger partial charge in [-0.15, -0.1) is 0 Å². The summed E-state index contributed by atoms with van der Waals surface area (Å²) in [7, 11) is 6.78. The first kappa shape index (κ1) is 13.9. The van der Waals surface area contributed by atoms with Crippen LogP contribution in [0, 0.1) is 0 Å². The number of hydrogen-bond donors (Lipinski definition) is 1. The summed E-state index contributed by atoms with van der Waals surface area (Å²) in [5.41, 5.74) is 0. The summed E-state index contributed by atoms with van der Waals surface area (Å²) in [6.07, 6.45) is 1.76. The third-order valence-corrected chi connectivity index (χ3v) is 2.88. The number of carbonyl (C=O) groups excluding carboxylic acids is 2. The lowest BCUT2D eigenvalue weighted by molar-refractivity contribution is -0.163. The first-order valence-electron chi connectivity index (χ1n) is 5.88. The van der Waals surface area contributed by atoms with Crippen molar-refractivity contribution < 1.29 is 9.59 Å². The Morgan fingerprint density at radius 2 is 1.53 bits per heavy atom. The van der Waals surface area contributed by atoms with Gasteiger partial charge in [-0.1, -0.05) is 0 Å². The predicted molar refractivity (Wildman–Crippen MR) is 65.1 cm³/mol. The van der Waals surface area contributed by atoms with Gasteiger partial charge in [0.1, 0.15) is 0 Å². The molecule has 0 aliphatic carbocycles. The Labute approximate surface area is 103 Å². The number of carbonyl (C=O) groups is 2. The molecule has 98 valence electrons. The van der Waals surface area contributed by atoms with Gasteiger partial charge in [-0.3, -0.25) is 14.6 Å². The molecule has 0 bridgehead atoms. The van der Waals surface area contributed by atoms with E-state index in [-0.39, 0.29) is 6.04 Å². The molecule has 0 aromatic carbocycles. The minimum absolute atomic E-state index is 0.114. The third-order valence-electron chi connectivity index (χ3n) is 2.88. The summed E-state index contributed by atoms with van der Waals surface area (Å²) in [5, 5.41) is 6.53. The van der Waals surface area contributed by atoms with Crippen molar-refractivity contribution in [3.05, 3.63) is 0 Å². The Bertz CT molecular complexity index is 285. The summed E-state index contributed by atoms with van der Waals surface area (Å²) in [5.74, 6) is -0.927. The molecule has 1 saturated heterocycles. The molecule has 1 rings (SSSR count). The maximum Gasteiger partial charge on any atom is 0.326 e. The van der Waals surface area contributed by atoms with Crippen LogP contribution in [-0.2, 0) is 9.59 Å². The summed E-state index contributed by atoms with van der Waals surface area (Å²) >= 11 is 0. The van der Waals surface area contributed by atoms with Crippen molar-refractivity contribution in [3.8, 4) is 0 Å². The second-order valence-corrected chi connectivity index (χ2v) is 4.68. The van der Waals surface area contributed by atoms with E-state index in [1.165, 1.54) is 4.90 Å². The van der Waals surface area contributed by atoms with E-state index in [0.29, 0.717) is 0 Å². The average Bonchev–Trinajstić information content (AvgIpc) is 2.28. The second kappa shape index (κ2) is 5.97. The minimum atomic E-state index is -0.475. The molecule has 1 aliphatic rings. The Morgan fingerprint density at radius 3 is 1.94 bits per heavy atom. The smallest absolute Gasteiger partial charge is 0.326 e. The number of likely N-dealkylation sites (N-methyl/N-ethyl adjacent to an activating group) is 1. The minimum Gasteiger partial charge on any atom is -0.341 e. The topological polar surface area (TPSA) is 55.9 Å². The van der Waals surface area contributed by atoms with Gasteiger partial charge < -0.3 is 10.2 Å². The van der Waals surface area contributed by atoms with Crippen LogP contribution in [-0.4, -0.2) is 74.1 Å². The van der Waals surface area contributed by atoms with Crippen LogP contribution in [0.1, 0.15) is 12.8 Å². The SMILES string of the molecule is CN(C)C(=O)C(=O)N(C1CCNCC1)N(C)C. The van der Waals surface area contributed by atoms with Crippen LogP contribution in [0.2, 0.25) is 0 Å². The number of nitrogens with one attached hydrogen (secondary N) is 1. The van der Waals surface area contributed by atoms with E-state index in [4.69, 9.17) is 0 Å². The van der Waals surface area contributed by atoms with Gasteiger partial charge in [-0.2, -0.15) is 0 Å². The molecule has 0 atom stereocenters. The van der Waals surface area contributed by atoms with Crippen molar-refractivity contribution in [2.24, 2.45) is 0 Å². The highest BCUT2D eigenvalue weighted by molar-refractivity contribution is 6.34. The number of hydrazine groups is 1. The molecule has 6 nitrogen and oxygen atoms in total. The van der Waals surface area contributed by atoms with E-state index in [0.717, 1.165) is 25.9 Å². The fourth-order valence-electron chi connectivity index (χ4n) is 2.01. The number of piperidine rings is 1. The van der Waals surface area contributed by atoms with Crippen molar-refractivity contribution in [1.82, 2.24) is 20.2 Å². The molecule has 2 amide bonds. The molecule has 0 aromatic rings. The van der Waals surface area contributed by atoms with Crippen LogP contribution in [0.25, 0.3) is 0 Å². The first-order chi connectivity index (χ1) is 7.95. The number of nitrogens with zero attached hydrogens (tertiary/aromatic N) is 3. The quantitative estimate of drug-likeness (QED) is 0.505. The van der Waals surface area contributed by atoms with Crippen LogP contribution < -0.4 is 5.32 Å². The van der Waals surface area contributed by atoms with E-state index in [9.17, 15) is 9.59 Å². The van der Waals surface area contributed by atoms with Gasteiger partial charge in [0.15, 0.2) is 0 Å². The largest absolute Gasteiger partial charge is 0.341 e. The molecule has 6 heteroatoms. The molecule has 17 heavy (non-hydrogen) atoms. The molecule has 1 aliphatic heterocycles. The van der Waals surface area contributed by atoms with Crippen molar-refractivity contribution in [2.75, 3.05) is 41.3 Å². The number of amides is 2. The van der Waals surface area contributed by atoms with Crippen LogP contribution in [0.15, 0.2) is 0 Å². The maximum absolute atomic E-state index is 12.1. The van der Waals surface area contributed by atoms with Crippen molar-refractivity contribution in [1.29, 1.82) is 0 Å². The van der Waals surface area contributed by atoms with Crippen molar-refractivity contribution >= 4 is 11.8 Å². The summed E-state index contributed by atoms with van der Waals surface area (Å²) in [4.78, 5) is 25.1. The van der Waals surface area contributed by atoms with E-state index >= 15 is 0 Å². The molecular formula is C11H22N4O2. The molecular weight excluding hydrogens is 220 g/mol. The molecule has 0 radical (unpaired) electrons. The van der Waals surface area contributed by atoms with Gasteiger partial charge in [0, 0.05) is 28.2 Å². The highest BCUT2D eigenvalue weighted by Gasteiger charge is 2.32. The summed E-state index contributed by atoms with van der Waals surface area (Å²) in [6.45, 7) is 1.77. The van der Waals surface area contributed by atoms with E-state index in [1.54, 1.807) is 38.2 Å². The zero-order valence-corrected chi connectivity index (χ0v) is 11.1. The zero-order valence-electron chi connectivity index (χ0n) is 11.1. The Balaban J connectivity index is 2.77. The fourth-order valence-corrected chi connectivity index (χ4v) is 2.01. The second-order valence-electron chi connectivity index (χ2n) is 4.68. The fraction of sp³-hybridized carbons (Fsp3) is 0.818. The van der Waals surface area contributed by atoms with Gasteiger partial charge in [-0.25, -0.2) is 5.01 Å². The molecule has 1 N–H and O–H groups in total. The lowest BCUT2D eigenvalue weighted by atomic mass is 10.1. The van der Waals surface area contributed by atoms with Gasteiger partial charge >= 0.3 is 11.8 Å². The third kappa shape index (κ3) is 3.41. The highest BCUT2D eigenvalue weighted by atomic mass is 16.2. The van der Waals surface area contributed by atoms with Crippen molar-refractivity contribution in [2.45, 2.75) is 18.9 Å². The zero-order chi connectivity index (χ0) is 13.0. The van der Waals surface area contributed by atoms with Gasteiger partial charge in [0.2, 0.25) is 0 Å². The maximum atomic E-state index is 12.1. The van der Waals surface area contributed by atoms with Gasteiger partial charge in [0.05, 0.1) is 6.04 Å². The van der Waals surface area contributed by atoms with Crippen molar-refractivity contribution in [3.63, 3.8) is 0 Å². The normalized spacial score (nSPS) is 17.0. The molecule has 0 unspecified atom stereocenters. The predicted octanol–water partition coefficient (Wildman–Crippen LogP) is -0.868. The van der Waals surface area contributed by atoms with E-state index < -0.39 is 11.8 Å². The molecule has 1 heterocycles. The lowest BCUT2D eigenvalue weighted by Crippen LogP contribution is -2.56. The standard InChI is InChI=1S/C11H22N4O2/c1-13(2)10(16)11(17)15(14(3)4)9-5-7-12-8-6-9/h9,12H,5-8H2,1-4H3. The van der Waals surface area contributed by atoms with Gasteiger partial charge in [-0.05, 0) is 25.9 Å². The highest BCUT2D eigenvalue weighted by Crippen LogP contribution is 2.13. The Kier molecular flexibility index (Phi) is 4.89. The summed E-state index contributed by atoms with van der Waals surface area (Å²) < 4.78 is 0. The lowest BCUT2D eigenvalue weighted by Gasteiger charge is -2.38. The molecule has 0 saturated carbocycles.